The first-order valence-corrected chi connectivity index (χ1v) is 7.20. The van der Waals surface area contributed by atoms with E-state index in [0.717, 1.165) is 6.07 Å². The predicted octanol–water partition coefficient (Wildman–Crippen LogP) is 3.70. The monoisotopic (exact) mass is 356 g/mol. The maximum atomic E-state index is 13.2. The molecule has 6 heteroatoms. The number of H-pyrrole nitrogens is 1. The second-order valence-corrected chi connectivity index (χ2v) is 6.67. The smallest absolute Gasteiger partial charge is 0.265 e. The molecule has 0 atom stereocenters. The highest BCUT2D eigenvalue weighted by Gasteiger charge is 2.22. The zero-order valence-corrected chi connectivity index (χ0v) is 13.5. The van der Waals surface area contributed by atoms with Crippen molar-refractivity contribution in [2.75, 3.05) is 0 Å². The summed E-state index contributed by atoms with van der Waals surface area (Å²) in [4.78, 5) is 19.0. The van der Waals surface area contributed by atoms with Crippen LogP contribution in [-0.4, -0.2) is 9.97 Å². The van der Waals surface area contributed by atoms with Crippen LogP contribution in [-0.2, 0) is 11.8 Å². The van der Waals surface area contributed by atoms with Gasteiger partial charge in [-0.1, -0.05) is 20.8 Å². The van der Waals surface area contributed by atoms with E-state index in [0.29, 0.717) is 21.6 Å². The minimum Gasteiger partial charge on any atom is -0.309 e. The van der Waals surface area contributed by atoms with Crippen molar-refractivity contribution in [2.45, 2.75) is 32.6 Å². The maximum absolute atomic E-state index is 13.2. The van der Waals surface area contributed by atoms with Crippen molar-refractivity contribution < 1.29 is 8.78 Å². The second kappa shape index (κ2) is 5.67. The average Bonchev–Trinajstić information content (AvgIpc) is 2.30. The van der Waals surface area contributed by atoms with Crippen LogP contribution in [0.25, 0.3) is 0 Å². The van der Waals surface area contributed by atoms with Crippen molar-refractivity contribution in [1.82, 2.24) is 9.97 Å². The summed E-state index contributed by atoms with van der Waals surface area (Å²) in [5.74, 6) is -0.931. The fourth-order valence-corrected chi connectivity index (χ4v) is 2.78. The van der Waals surface area contributed by atoms with Gasteiger partial charge in [-0.3, -0.25) is 4.79 Å². The number of aromatic amines is 1. The molecule has 0 radical (unpaired) electrons. The highest BCUT2D eigenvalue weighted by molar-refractivity contribution is 9.10. The number of hydrogen-bond acceptors (Lipinski definition) is 2. The van der Waals surface area contributed by atoms with Gasteiger partial charge >= 0.3 is 0 Å². The molecule has 3 nitrogen and oxygen atoms in total. The first-order valence-electron chi connectivity index (χ1n) is 6.41. The van der Waals surface area contributed by atoms with Crippen molar-refractivity contribution in [1.29, 1.82) is 0 Å². The van der Waals surface area contributed by atoms with E-state index in [1.54, 1.807) is 0 Å². The van der Waals surface area contributed by atoms with Gasteiger partial charge in [0.15, 0.2) is 0 Å². The van der Waals surface area contributed by atoms with Gasteiger partial charge in [0.1, 0.15) is 21.9 Å². The molecule has 1 N–H and O–H groups in total. The Morgan fingerprint density at radius 1 is 1.19 bits per heavy atom. The van der Waals surface area contributed by atoms with E-state index in [-0.39, 0.29) is 17.4 Å². The van der Waals surface area contributed by atoms with E-state index >= 15 is 0 Å². The van der Waals surface area contributed by atoms with Crippen molar-refractivity contribution in [3.8, 4) is 0 Å². The summed E-state index contributed by atoms with van der Waals surface area (Å²) in [6.07, 6.45) is 0.153. The Labute approximate surface area is 129 Å². The van der Waals surface area contributed by atoms with E-state index in [9.17, 15) is 13.6 Å². The molecule has 1 aromatic carbocycles. The van der Waals surface area contributed by atoms with Crippen LogP contribution in [0.3, 0.4) is 0 Å². The molecule has 0 bridgehead atoms. The second-order valence-electron chi connectivity index (χ2n) is 5.88. The minimum absolute atomic E-state index is 0.153. The molecular weight excluding hydrogens is 342 g/mol. The largest absolute Gasteiger partial charge is 0.309 e. The van der Waals surface area contributed by atoms with Gasteiger partial charge in [0.2, 0.25) is 0 Å². The summed E-state index contributed by atoms with van der Waals surface area (Å²) < 4.78 is 26.8. The molecule has 21 heavy (non-hydrogen) atoms. The number of rotatable bonds is 2. The summed E-state index contributed by atoms with van der Waals surface area (Å²) in [6.45, 7) is 5.81. The van der Waals surface area contributed by atoms with Gasteiger partial charge < -0.3 is 4.98 Å². The van der Waals surface area contributed by atoms with Gasteiger partial charge in [0.05, 0.1) is 5.69 Å². The molecule has 0 fully saturated rings. The van der Waals surface area contributed by atoms with E-state index in [2.05, 4.69) is 25.9 Å². The van der Waals surface area contributed by atoms with Gasteiger partial charge in [0, 0.05) is 17.9 Å². The number of nitrogens with zero attached hydrogens (tertiary/aromatic N) is 1. The van der Waals surface area contributed by atoms with Gasteiger partial charge in [-0.05, 0) is 33.6 Å². The van der Waals surface area contributed by atoms with Crippen molar-refractivity contribution >= 4 is 15.9 Å². The first-order chi connectivity index (χ1) is 9.66. The third-order valence-electron chi connectivity index (χ3n) is 2.92. The molecule has 0 aliphatic carbocycles. The fourth-order valence-electron chi connectivity index (χ4n) is 1.99. The number of halogens is 3. The predicted molar refractivity (Wildman–Crippen MR) is 80.4 cm³/mol. The number of hydrogen-bond donors (Lipinski definition) is 1. The summed E-state index contributed by atoms with van der Waals surface area (Å²) >= 11 is 3.23. The molecule has 1 aromatic heterocycles. The molecule has 112 valence electrons. The molecule has 2 rings (SSSR count). The van der Waals surface area contributed by atoms with E-state index in [1.807, 2.05) is 20.8 Å². The van der Waals surface area contributed by atoms with Gasteiger partial charge in [-0.2, -0.15) is 0 Å². The van der Waals surface area contributed by atoms with E-state index in [4.69, 9.17) is 0 Å². The van der Waals surface area contributed by atoms with Crippen molar-refractivity contribution in [3.63, 3.8) is 0 Å². The summed E-state index contributed by atoms with van der Waals surface area (Å²) in [5, 5.41) is 0. The normalized spacial score (nSPS) is 11.7. The minimum atomic E-state index is -0.652. The molecular formula is C15H15BrF2N2O. The zero-order chi connectivity index (χ0) is 15.8. The van der Waals surface area contributed by atoms with Crippen molar-refractivity contribution in [3.05, 3.63) is 61.7 Å². The van der Waals surface area contributed by atoms with E-state index < -0.39 is 11.6 Å². The Kier molecular flexibility index (Phi) is 4.27. The Morgan fingerprint density at radius 3 is 2.29 bits per heavy atom. The molecule has 1 heterocycles. The van der Waals surface area contributed by atoms with E-state index in [1.165, 1.54) is 12.1 Å². The highest BCUT2D eigenvalue weighted by Crippen LogP contribution is 2.25. The summed E-state index contributed by atoms with van der Waals surface area (Å²) in [5.41, 5.74) is 0.396. The SMILES string of the molecule is CC(C)(C)c1nc(Cc2cc(F)cc(F)c2)[nH]c(=O)c1Br. The Morgan fingerprint density at radius 2 is 1.76 bits per heavy atom. The van der Waals surface area contributed by atoms with Gasteiger partial charge in [0.25, 0.3) is 5.56 Å². The topological polar surface area (TPSA) is 45.8 Å². The average molecular weight is 357 g/mol. The van der Waals surface area contributed by atoms with Crippen LogP contribution in [0, 0.1) is 11.6 Å². The fraction of sp³-hybridized carbons (Fsp3) is 0.333. The molecule has 0 aliphatic rings. The maximum Gasteiger partial charge on any atom is 0.265 e. The molecule has 0 spiro atoms. The van der Waals surface area contributed by atoms with Crippen LogP contribution < -0.4 is 5.56 Å². The first kappa shape index (κ1) is 15.8. The Hall–Kier alpha value is -1.56. The number of aromatic nitrogens is 2. The standard InChI is InChI=1S/C15H15BrF2N2O/c1-15(2,3)13-12(16)14(21)20-11(19-13)6-8-4-9(17)7-10(18)5-8/h4-5,7H,6H2,1-3H3,(H,19,20,21). The lowest BCUT2D eigenvalue weighted by molar-refractivity contribution is 0.556. The van der Waals surface area contributed by atoms with Crippen LogP contribution in [0.5, 0.6) is 0 Å². The van der Waals surface area contributed by atoms with Crippen LogP contribution >= 0.6 is 15.9 Å². The number of benzene rings is 1. The van der Waals surface area contributed by atoms with Gasteiger partial charge in [-0.15, -0.1) is 0 Å². The molecule has 0 aliphatic heterocycles. The molecule has 0 saturated carbocycles. The van der Waals surface area contributed by atoms with Crippen LogP contribution in [0.1, 0.15) is 37.9 Å². The quantitative estimate of drug-likeness (QED) is 0.891. The zero-order valence-electron chi connectivity index (χ0n) is 11.9. The lowest BCUT2D eigenvalue weighted by Gasteiger charge is -2.19. The van der Waals surface area contributed by atoms with Crippen molar-refractivity contribution in [2.24, 2.45) is 0 Å². The van der Waals surface area contributed by atoms with Crippen LogP contribution in [0.4, 0.5) is 8.78 Å². The molecule has 0 saturated heterocycles. The third kappa shape index (κ3) is 3.75. The molecule has 0 amide bonds. The highest BCUT2D eigenvalue weighted by atomic mass is 79.9. The van der Waals surface area contributed by atoms with Crippen LogP contribution in [0.2, 0.25) is 0 Å². The molecule has 2 aromatic rings. The van der Waals surface area contributed by atoms with Gasteiger partial charge in [-0.25, -0.2) is 13.8 Å². The molecule has 0 unspecified atom stereocenters. The lowest BCUT2D eigenvalue weighted by Crippen LogP contribution is -2.23. The Bertz CT molecular complexity index is 715. The number of nitrogens with one attached hydrogen (secondary N) is 1. The Balaban J connectivity index is 2.46. The lowest BCUT2D eigenvalue weighted by atomic mass is 9.92. The summed E-state index contributed by atoms with van der Waals surface area (Å²) in [6, 6.07) is 3.26. The summed E-state index contributed by atoms with van der Waals surface area (Å²) in [7, 11) is 0. The van der Waals surface area contributed by atoms with Crippen LogP contribution in [0.15, 0.2) is 27.5 Å². The third-order valence-corrected chi connectivity index (χ3v) is 3.65.